The molecule has 3 saturated heterocycles. The SMILES string of the molecule is CCC1(CC)CCc2cccc(C(=O)NC3CN4CCC3CC4)c2O1. The summed E-state index contributed by atoms with van der Waals surface area (Å²) in [7, 11) is 0. The Morgan fingerprint density at radius 3 is 2.68 bits per heavy atom. The standard InChI is InChI=1S/C21H30N2O2/c1-3-21(4-2)11-8-16-6-5-7-17(19(16)25-21)20(24)22-18-14-23-12-9-15(18)10-13-23/h5-7,15,18H,3-4,8-14H2,1-2H3,(H,22,24). The van der Waals surface area contributed by atoms with E-state index in [-0.39, 0.29) is 17.6 Å². The van der Waals surface area contributed by atoms with E-state index in [2.05, 4.69) is 30.1 Å². The number of amides is 1. The molecule has 4 heteroatoms. The topological polar surface area (TPSA) is 41.6 Å². The van der Waals surface area contributed by atoms with Crippen molar-refractivity contribution in [3.8, 4) is 5.75 Å². The predicted octanol–water partition coefficient (Wildman–Crippen LogP) is 3.39. The van der Waals surface area contributed by atoms with E-state index in [1.807, 2.05) is 12.1 Å². The van der Waals surface area contributed by atoms with E-state index in [4.69, 9.17) is 4.74 Å². The van der Waals surface area contributed by atoms with Crippen LogP contribution in [0.2, 0.25) is 0 Å². The third kappa shape index (κ3) is 3.05. The molecular formula is C21H30N2O2. The number of hydrogen-bond acceptors (Lipinski definition) is 3. The maximum absolute atomic E-state index is 13.0. The minimum absolute atomic E-state index is 0.0404. The molecule has 4 aliphatic heterocycles. The second-order valence-corrected chi connectivity index (χ2v) is 8.00. The average Bonchev–Trinajstić information content (AvgIpc) is 2.68. The number of rotatable bonds is 4. The number of carbonyl (C=O) groups is 1. The first-order valence-electron chi connectivity index (χ1n) is 9.98. The molecule has 1 aromatic rings. The Hall–Kier alpha value is -1.55. The number of fused-ring (bicyclic) bond motifs is 4. The van der Waals surface area contributed by atoms with Crippen LogP contribution in [-0.2, 0) is 6.42 Å². The third-order valence-electron chi connectivity index (χ3n) is 6.77. The molecule has 5 rings (SSSR count). The molecule has 0 spiro atoms. The van der Waals surface area contributed by atoms with Gasteiger partial charge in [-0.3, -0.25) is 4.79 Å². The molecule has 136 valence electrons. The Morgan fingerprint density at radius 2 is 2.04 bits per heavy atom. The van der Waals surface area contributed by atoms with E-state index in [1.54, 1.807) is 0 Å². The Kier molecular flexibility index (Phi) is 4.48. The minimum Gasteiger partial charge on any atom is -0.486 e. The minimum atomic E-state index is -0.112. The molecule has 1 atom stereocenters. The molecule has 0 radical (unpaired) electrons. The number of ether oxygens (including phenoxy) is 1. The normalized spacial score (nSPS) is 29.6. The molecule has 0 aliphatic carbocycles. The van der Waals surface area contributed by atoms with Gasteiger partial charge in [-0.25, -0.2) is 0 Å². The van der Waals surface area contributed by atoms with E-state index in [1.165, 1.54) is 31.5 Å². The zero-order valence-electron chi connectivity index (χ0n) is 15.5. The molecule has 1 aromatic carbocycles. The fraction of sp³-hybridized carbons (Fsp3) is 0.667. The second kappa shape index (κ2) is 6.64. The quantitative estimate of drug-likeness (QED) is 0.912. The highest BCUT2D eigenvalue weighted by atomic mass is 16.5. The lowest BCUT2D eigenvalue weighted by Crippen LogP contribution is -2.57. The summed E-state index contributed by atoms with van der Waals surface area (Å²) in [6.45, 7) is 7.75. The maximum atomic E-state index is 13.0. The number of piperidine rings is 3. The van der Waals surface area contributed by atoms with Crippen LogP contribution in [0.4, 0.5) is 0 Å². The Morgan fingerprint density at radius 1 is 1.28 bits per heavy atom. The molecular weight excluding hydrogens is 312 g/mol. The van der Waals surface area contributed by atoms with Gasteiger partial charge in [0.05, 0.1) is 5.56 Å². The van der Waals surface area contributed by atoms with Gasteiger partial charge in [-0.1, -0.05) is 26.0 Å². The summed E-state index contributed by atoms with van der Waals surface area (Å²) in [6, 6.07) is 6.32. The van der Waals surface area contributed by atoms with Gasteiger partial charge in [0.2, 0.25) is 0 Å². The Labute approximate surface area is 150 Å². The fourth-order valence-corrected chi connectivity index (χ4v) is 4.83. The predicted molar refractivity (Wildman–Crippen MR) is 99.1 cm³/mol. The number of nitrogens with one attached hydrogen (secondary N) is 1. The molecule has 1 N–H and O–H groups in total. The van der Waals surface area contributed by atoms with Crippen LogP contribution in [-0.4, -0.2) is 42.1 Å². The number of benzene rings is 1. The molecule has 4 nitrogen and oxygen atoms in total. The average molecular weight is 342 g/mol. The molecule has 1 unspecified atom stereocenters. The van der Waals surface area contributed by atoms with Gasteiger partial charge in [-0.05, 0) is 69.2 Å². The van der Waals surface area contributed by atoms with Gasteiger partial charge in [-0.15, -0.1) is 0 Å². The van der Waals surface area contributed by atoms with Crippen molar-refractivity contribution in [1.29, 1.82) is 0 Å². The number of nitrogens with zero attached hydrogens (tertiary/aromatic N) is 1. The van der Waals surface area contributed by atoms with Crippen LogP contribution in [0.1, 0.15) is 61.9 Å². The van der Waals surface area contributed by atoms with Gasteiger partial charge >= 0.3 is 0 Å². The van der Waals surface area contributed by atoms with Crippen molar-refractivity contribution < 1.29 is 9.53 Å². The highest BCUT2D eigenvalue weighted by Gasteiger charge is 2.37. The van der Waals surface area contributed by atoms with Gasteiger partial charge in [0.15, 0.2) is 0 Å². The number of carbonyl (C=O) groups excluding carboxylic acids is 1. The smallest absolute Gasteiger partial charge is 0.255 e. The third-order valence-corrected chi connectivity index (χ3v) is 6.77. The highest BCUT2D eigenvalue weighted by Crippen LogP contribution is 2.39. The van der Waals surface area contributed by atoms with Crippen LogP contribution in [0.5, 0.6) is 5.75 Å². The summed E-state index contributed by atoms with van der Waals surface area (Å²) < 4.78 is 6.45. The van der Waals surface area contributed by atoms with Crippen molar-refractivity contribution in [3.63, 3.8) is 0 Å². The largest absolute Gasteiger partial charge is 0.486 e. The highest BCUT2D eigenvalue weighted by molar-refractivity contribution is 5.97. The maximum Gasteiger partial charge on any atom is 0.255 e. The lowest BCUT2D eigenvalue weighted by molar-refractivity contribution is 0.0362. The van der Waals surface area contributed by atoms with E-state index >= 15 is 0 Å². The van der Waals surface area contributed by atoms with Crippen LogP contribution in [0, 0.1) is 5.92 Å². The van der Waals surface area contributed by atoms with Gasteiger partial charge in [0.25, 0.3) is 5.91 Å². The van der Waals surface area contributed by atoms with E-state index in [0.717, 1.165) is 43.5 Å². The molecule has 0 aromatic heterocycles. The number of hydrogen-bond donors (Lipinski definition) is 1. The first-order valence-corrected chi connectivity index (χ1v) is 9.98. The van der Waals surface area contributed by atoms with E-state index in [9.17, 15) is 4.79 Å². The monoisotopic (exact) mass is 342 g/mol. The zero-order valence-corrected chi connectivity index (χ0v) is 15.5. The second-order valence-electron chi connectivity index (χ2n) is 8.00. The van der Waals surface area contributed by atoms with Gasteiger partial charge in [-0.2, -0.15) is 0 Å². The lowest BCUT2D eigenvalue weighted by atomic mass is 9.83. The molecule has 4 heterocycles. The van der Waals surface area contributed by atoms with Gasteiger partial charge in [0.1, 0.15) is 11.4 Å². The van der Waals surface area contributed by atoms with Crippen molar-refractivity contribution in [2.45, 2.75) is 64.0 Å². The van der Waals surface area contributed by atoms with Gasteiger partial charge < -0.3 is 15.0 Å². The molecule has 25 heavy (non-hydrogen) atoms. The summed E-state index contributed by atoms with van der Waals surface area (Å²) in [4.78, 5) is 15.5. The van der Waals surface area contributed by atoms with E-state index in [0.29, 0.717) is 5.92 Å². The number of para-hydroxylation sites is 1. The van der Waals surface area contributed by atoms with Crippen LogP contribution in [0.25, 0.3) is 0 Å². The summed E-state index contributed by atoms with van der Waals surface area (Å²) in [6.07, 6.45) is 6.43. The Balaban J connectivity index is 1.56. The lowest BCUT2D eigenvalue weighted by Gasteiger charge is -2.45. The summed E-state index contributed by atoms with van der Waals surface area (Å²) >= 11 is 0. The van der Waals surface area contributed by atoms with Crippen LogP contribution in [0.3, 0.4) is 0 Å². The van der Waals surface area contributed by atoms with Crippen molar-refractivity contribution in [3.05, 3.63) is 29.3 Å². The molecule has 1 amide bonds. The molecule has 4 aliphatic rings. The van der Waals surface area contributed by atoms with E-state index < -0.39 is 0 Å². The van der Waals surface area contributed by atoms with Crippen molar-refractivity contribution in [2.75, 3.05) is 19.6 Å². The van der Waals surface area contributed by atoms with Crippen LogP contribution >= 0.6 is 0 Å². The summed E-state index contributed by atoms with van der Waals surface area (Å²) in [5, 5.41) is 3.32. The molecule has 3 fully saturated rings. The van der Waals surface area contributed by atoms with Crippen LogP contribution < -0.4 is 10.1 Å². The summed E-state index contributed by atoms with van der Waals surface area (Å²) in [5.41, 5.74) is 1.79. The molecule has 0 saturated carbocycles. The molecule has 2 bridgehead atoms. The van der Waals surface area contributed by atoms with Gasteiger partial charge in [0, 0.05) is 12.6 Å². The zero-order chi connectivity index (χ0) is 17.4. The van der Waals surface area contributed by atoms with Crippen molar-refractivity contribution >= 4 is 5.91 Å². The fourth-order valence-electron chi connectivity index (χ4n) is 4.83. The number of aryl methyl sites for hydroxylation is 1. The summed E-state index contributed by atoms with van der Waals surface area (Å²) in [5.74, 6) is 1.51. The van der Waals surface area contributed by atoms with Crippen LogP contribution in [0.15, 0.2) is 18.2 Å². The van der Waals surface area contributed by atoms with Crippen molar-refractivity contribution in [2.24, 2.45) is 5.92 Å². The first-order chi connectivity index (χ1) is 12.1. The van der Waals surface area contributed by atoms with Crippen molar-refractivity contribution in [1.82, 2.24) is 10.2 Å². The first kappa shape index (κ1) is 16.9. The Bertz CT molecular complexity index is 645.